The van der Waals surface area contributed by atoms with Crippen LogP contribution in [0.5, 0.6) is 0 Å². The molecule has 0 aliphatic carbocycles. The maximum absolute atomic E-state index is 11.0. The van der Waals surface area contributed by atoms with Gasteiger partial charge in [-0.1, -0.05) is 0 Å². The molecule has 6 nitrogen and oxygen atoms in total. The van der Waals surface area contributed by atoms with Crippen molar-refractivity contribution in [2.24, 2.45) is 0 Å². The molecule has 114 valence electrons. The molecule has 1 N–H and O–H groups in total. The van der Waals surface area contributed by atoms with Crippen LogP contribution in [0.25, 0.3) is 0 Å². The van der Waals surface area contributed by atoms with Gasteiger partial charge in [-0.15, -0.1) is 0 Å². The largest absolute Gasteiger partial charge is 0.478 e. The summed E-state index contributed by atoms with van der Waals surface area (Å²) < 4.78 is 5.40. The number of anilines is 1. The Labute approximate surface area is 124 Å². The summed E-state index contributed by atoms with van der Waals surface area (Å²) in [6.45, 7) is 7.51. The van der Waals surface area contributed by atoms with Crippen LogP contribution in [0, 0.1) is 6.92 Å². The van der Waals surface area contributed by atoms with Crippen LogP contribution in [0.3, 0.4) is 0 Å². The first kappa shape index (κ1) is 14.3. The third-order valence-electron chi connectivity index (χ3n) is 4.32. The van der Waals surface area contributed by atoms with Gasteiger partial charge in [-0.05, 0) is 25.0 Å². The number of nitrogens with zero attached hydrogens (tertiary/aromatic N) is 3. The second kappa shape index (κ2) is 5.99. The number of rotatable bonds is 3. The number of carbonyl (C=O) groups is 1. The van der Waals surface area contributed by atoms with Crippen molar-refractivity contribution >= 4 is 11.8 Å². The molecule has 2 fully saturated rings. The predicted molar refractivity (Wildman–Crippen MR) is 78.9 cm³/mol. The van der Waals surface area contributed by atoms with Crippen LogP contribution in [0.1, 0.15) is 22.3 Å². The summed E-state index contributed by atoms with van der Waals surface area (Å²) in [5, 5.41) is 9.01. The molecule has 3 rings (SSSR count). The van der Waals surface area contributed by atoms with Crippen LogP contribution in [0.15, 0.2) is 12.3 Å². The molecular formula is C15H21N3O3. The molecule has 3 heterocycles. The summed E-state index contributed by atoms with van der Waals surface area (Å²) >= 11 is 0. The number of hydrogen-bond acceptors (Lipinski definition) is 5. The van der Waals surface area contributed by atoms with E-state index in [1.54, 1.807) is 6.07 Å². The molecule has 1 aromatic rings. The third kappa shape index (κ3) is 3.01. The van der Waals surface area contributed by atoms with Gasteiger partial charge in [0.1, 0.15) is 5.82 Å². The minimum atomic E-state index is -0.926. The van der Waals surface area contributed by atoms with Gasteiger partial charge in [-0.25, -0.2) is 9.78 Å². The molecule has 1 unspecified atom stereocenters. The van der Waals surface area contributed by atoms with Gasteiger partial charge < -0.3 is 14.7 Å². The topological polar surface area (TPSA) is 65.9 Å². The average Bonchev–Trinajstić information content (AvgIpc) is 2.97. The van der Waals surface area contributed by atoms with Gasteiger partial charge in [-0.2, -0.15) is 0 Å². The molecule has 0 saturated carbocycles. The summed E-state index contributed by atoms with van der Waals surface area (Å²) in [6.07, 6.45) is 2.58. The van der Waals surface area contributed by atoms with Crippen LogP contribution in [-0.2, 0) is 4.74 Å². The van der Waals surface area contributed by atoms with Crippen LogP contribution in [-0.4, -0.2) is 66.4 Å². The van der Waals surface area contributed by atoms with E-state index in [-0.39, 0.29) is 5.56 Å². The number of carboxylic acids is 1. The van der Waals surface area contributed by atoms with Gasteiger partial charge in [0.15, 0.2) is 0 Å². The Balaban J connectivity index is 1.69. The summed E-state index contributed by atoms with van der Waals surface area (Å²) in [4.78, 5) is 20.1. The fourth-order valence-corrected chi connectivity index (χ4v) is 3.19. The molecule has 1 aromatic heterocycles. The van der Waals surface area contributed by atoms with Gasteiger partial charge in [0.05, 0.1) is 18.8 Å². The van der Waals surface area contributed by atoms with Crippen LogP contribution in [0.2, 0.25) is 0 Å². The van der Waals surface area contributed by atoms with Crippen molar-refractivity contribution in [1.29, 1.82) is 0 Å². The minimum absolute atomic E-state index is 0.250. The second-order valence-corrected chi connectivity index (χ2v) is 5.71. The van der Waals surface area contributed by atoms with E-state index in [4.69, 9.17) is 9.84 Å². The maximum atomic E-state index is 11.0. The lowest BCUT2D eigenvalue weighted by molar-refractivity contribution is 0.0209. The van der Waals surface area contributed by atoms with E-state index in [9.17, 15) is 4.79 Å². The zero-order chi connectivity index (χ0) is 14.8. The highest BCUT2D eigenvalue weighted by molar-refractivity contribution is 5.87. The number of hydrogen-bond donors (Lipinski definition) is 1. The molecule has 21 heavy (non-hydrogen) atoms. The number of aryl methyl sites for hydroxylation is 1. The third-order valence-corrected chi connectivity index (χ3v) is 4.32. The van der Waals surface area contributed by atoms with Gasteiger partial charge in [0.25, 0.3) is 0 Å². The summed E-state index contributed by atoms with van der Waals surface area (Å²) in [7, 11) is 0. The zero-order valence-corrected chi connectivity index (χ0v) is 12.3. The second-order valence-electron chi connectivity index (χ2n) is 5.71. The molecule has 0 spiro atoms. The SMILES string of the molecule is Cc1cc(C(=O)O)cnc1N1CCC(N2CCOCC2)C1. The lowest BCUT2D eigenvalue weighted by Gasteiger charge is -2.32. The van der Waals surface area contributed by atoms with Gasteiger partial charge >= 0.3 is 5.97 Å². The summed E-state index contributed by atoms with van der Waals surface area (Å²) in [5.74, 6) is -0.0134. The number of aromatic nitrogens is 1. The van der Waals surface area contributed by atoms with E-state index in [0.717, 1.165) is 57.2 Å². The molecule has 0 amide bonds. The summed E-state index contributed by atoms with van der Waals surface area (Å²) in [5.41, 5.74) is 1.18. The Kier molecular flexibility index (Phi) is 4.07. The molecule has 2 aliphatic rings. The highest BCUT2D eigenvalue weighted by Gasteiger charge is 2.30. The molecular weight excluding hydrogens is 270 g/mol. The fourth-order valence-electron chi connectivity index (χ4n) is 3.19. The maximum Gasteiger partial charge on any atom is 0.337 e. The Morgan fingerprint density at radius 2 is 2.14 bits per heavy atom. The lowest BCUT2D eigenvalue weighted by Crippen LogP contribution is -2.44. The van der Waals surface area contributed by atoms with Gasteiger partial charge in [0.2, 0.25) is 0 Å². The van der Waals surface area contributed by atoms with Crippen molar-refractivity contribution in [3.05, 3.63) is 23.4 Å². The monoisotopic (exact) mass is 291 g/mol. The highest BCUT2D eigenvalue weighted by Crippen LogP contribution is 2.25. The average molecular weight is 291 g/mol. The Hall–Kier alpha value is -1.66. The van der Waals surface area contributed by atoms with Crippen molar-refractivity contribution in [2.45, 2.75) is 19.4 Å². The van der Waals surface area contributed by atoms with Crippen molar-refractivity contribution in [2.75, 3.05) is 44.3 Å². The molecule has 0 radical (unpaired) electrons. The number of carboxylic acid groups (broad SMARTS) is 1. The Bertz CT molecular complexity index is 529. The first-order chi connectivity index (χ1) is 10.1. The van der Waals surface area contributed by atoms with Gasteiger partial charge in [0, 0.05) is 38.4 Å². The summed E-state index contributed by atoms with van der Waals surface area (Å²) in [6, 6.07) is 2.25. The van der Waals surface area contributed by atoms with E-state index in [1.165, 1.54) is 6.20 Å². The molecule has 1 atom stereocenters. The predicted octanol–water partition coefficient (Wildman–Crippen LogP) is 0.999. The van der Waals surface area contributed by atoms with Crippen LogP contribution in [0.4, 0.5) is 5.82 Å². The fraction of sp³-hybridized carbons (Fsp3) is 0.600. The first-order valence-corrected chi connectivity index (χ1v) is 7.42. The standard InChI is InChI=1S/C15H21N3O3/c1-11-8-12(15(19)20)9-16-14(11)18-3-2-13(10-18)17-4-6-21-7-5-17/h8-9,13H,2-7,10H2,1H3,(H,19,20). The number of ether oxygens (including phenoxy) is 1. The van der Waals surface area contributed by atoms with Crippen molar-refractivity contribution in [3.8, 4) is 0 Å². The van der Waals surface area contributed by atoms with Gasteiger partial charge in [-0.3, -0.25) is 4.90 Å². The van der Waals surface area contributed by atoms with E-state index < -0.39 is 5.97 Å². The Morgan fingerprint density at radius 1 is 1.38 bits per heavy atom. The van der Waals surface area contributed by atoms with E-state index in [2.05, 4.69) is 14.8 Å². The normalized spacial score (nSPS) is 23.5. The molecule has 6 heteroatoms. The first-order valence-electron chi connectivity index (χ1n) is 7.42. The minimum Gasteiger partial charge on any atom is -0.478 e. The van der Waals surface area contributed by atoms with Crippen LogP contribution < -0.4 is 4.90 Å². The molecule has 2 aliphatic heterocycles. The van der Waals surface area contributed by atoms with Crippen molar-refractivity contribution in [3.63, 3.8) is 0 Å². The van der Waals surface area contributed by atoms with E-state index >= 15 is 0 Å². The molecule has 2 saturated heterocycles. The molecule has 0 aromatic carbocycles. The smallest absolute Gasteiger partial charge is 0.337 e. The van der Waals surface area contributed by atoms with Crippen LogP contribution >= 0.6 is 0 Å². The number of aromatic carboxylic acids is 1. The lowest BCUT2D eigenvalue weighted by atomic mass is 10.2. The number of morpholine rings is 1. The van der Waals surface area contributed by atoms with Crippen molar-refractivity contribution in [1.82, 2.24) is 9.88 Å². The van der Waals surface area contributed by atoms with E-state index in [0.29, 0.717) is 6.04 Å². The Morgan fingerprint density at radius 3 is 2.81 bits per heavy atom. The number of pyridine rings is 1. The quantitative estimate of drug-likeness (QED) is 0.896. The van der Waals surface area contributed by atoms with E-state index in [1.807, 2.05) is 6.92 Å². The van der Waals surface area contributed by atoms with Crippen molar-refractivity contribution < 1.29 is 14.6 Å². The molecule has 0 bridgehead atoms. The zero-order valence-electron chi connectivity index (χ0n) is 12.3. The highest BCUT2D eigenvalue weighted by atomic mass is 16.5.